The summed E-state index contributed by atoms with van der Waals surface area (Å²) in [6, 6.07) is 12.7. The van der Waals surface area contributed by atoms with E-state index >= 15 is 0 Å². The highest BCUT2D eigenvalue weighted by Crippen LogP contribution is 2.31. The third kappa shape index (κ3) is 2.26. The molecule has 2 heterocycles. The van der Waals surface area contributed by atoms with E-state index in [1.807, 2.05) is 30.1 Å². The van der Waals surface area contributed by atoms with Crippen LogP contribution in [-0.2, 0) is 17.2 Å². The SMILES string of the molecule is CN1CS(=O)c2cc(CCN3C(=O)c4ccccc4C3=O)ccc21. The van der Waals surface area contributed by atoms with Crippen molar-refractivity contribution in [3.63, 3.8) is 0 Å². The van der Waals surface area contributed by atoms with Crippen molar-refractivity contribution in [2.24, 2.45) is 0 Å². The molecule has 122 valence electrons. The second kappa shape index (κ2) is 5.56. The van der Waals surface area contributed by atoms with Crippen LogP contribution in [0, 0.1) is 0 Å². The molecule has 24 heavy (non-hydrogen) atoms. The molecule has 5 nitrogen and oxygen atoms in total. The highest BCUT2D eigenvalue weighted by Gasteiger charge is 2.34. The lowest BCUT2D eigenvalue weighted by molar-refractivity contribution is 0.0656. The molecule has 0 radical (unpaired) electrons. The number of imide groups is 1. The Labute approximate surface area is 142 Å². The van der Waals surface area contributed by atoms with Gasteiger partial charge in [0.25, 0.3) is 11.8 Å². The minimum atomic E-state index is -1.01. The lowest BCUT2D eigenvalue weighted by Gasteiger charge is -2.14. The van der Waals surface area contributed by atoms with E-state index in [1.54, 1.807) is 24.3 Å². The van der Waals surface area contributed by atoms with Gasteiger partial charge in [0.1, 0.15) is 0 Å². The maximum absolute atomic E-state index is 12.4. The molecule has 2 aliphatic rings. The first-order valence-corrected chi connectivity index (χ1v) is 9.06. The first kappa shape index (κ1) is 15.1. The monoisotopic (exact) mass is 340 g/mol. The van der Waals surface area contributed by atoms with Gasteiger partial charge in [-0.15, -0.1) is 0 Å². The zero-order valence-corrected chi connectivity index (χ0v) is 14.0. The number of hydrogen-bond donors (Lipinski definition) is 0. The Hall–Kier alpha value is -2.47. The molecule has 2 aromatic rings. The Bertz CT molecular complexity index is 859. The van der Waals surface area contributed by atoms with Crippen molar-refractivity contribution < 1.29 is 13.8 Å². The van der Waals surface area contributed by atoms with Gasteiger partial charge >= 0.3 is 0 Å². The zero-order valence-electron chi connectivity index (χ0n) is 13.2. The summed E-state index contributed by atoms with van der Waals surface area (Å²) in [5, 5.41) is 0. The third-order valence-electron chi connectivity index (χ3n) is 4.49. The number of benzene rings is 2. The predicted octanol–water partition coefficient (Wildman–Crippen LogP) is 2.04. The fraction of sp³-hybridized carbons (Fsp3) is 0.222. The molecule has 1 atom stereocenters. The van der Waals surface area contributed by atoms with Crippen molar-refractivity contribution in [1.29, 1.82) is 0 Å². The molecule has 0 aromatic heterocycles. The maximum Gasteiger partial charge on any atom is 0.261 e. The Balaban J connectivity index is 1.53. The minimum Gasteiger partial charge on any atom is -0.361 e. The number of carbonyl (C=O) groups is 2. The number of amides is 2. The van der Waals surface area contributed by atoms with Crippen molar-refractivity contribution in [1.82, 2.24) is 4.90 Å². The predicted molar refractivity (Wildman–Crippen MR) is 91.6 cm³/mol. The fourth-order valence-electron chi connectivity index (χ4n) is 3.21. The van der Waals surface area contributed by atoms with Gasteiger partial charge in [0.15, 0.2) is 0 Å². The molecule has 0 fully saturated rings. The van der Waals surface area contributed by atoms with Crippen molar-refractivity contribution >= 4 is 28.3 Å². The van der Waals surface area contributed by atoms with Gasteiger partial charge in [-0.05, 0) is 36.2 Å². The second-order valence-corrected chi connectivity index (χ2v) is 7.42. The molecule has 0 aliphatic carbocycles. The van der Waals surface area contributed by atoms with E-state index in [0.29, 0.717) is 30.0 Å². The van der Waals surface area contributed by atoms with Crippen LogP contribution in [0.5, 0.6) is 0 Å². The normalized spacial score (nSPS) is 19.0. The highest BCUT2D eigenvalue weighted by molar-refractivity contribution is 7.85. The number of hydrogen-bond acceptors (Lipinski definition) is 4. The topological polar surface area (TPSA) is 57.7 Å². The van der Waals surface area contributed by atoms with Gasteiger partial charge in [0, 0.05) is 13.6 Å². The molecule has 0 saturated heterocycles. The van der Waals surface area contributed by atoms with Crippen LogP contribution in [0.15, 0.2) is 47.4 Å². The second-order valence-electron chi connectivity index (χ2n) is 6.03. The van der Waals surface area contributed by atoms with E-state index in [0.717, 1.165) is 16.1 Å². The molecule has 2 aromatic carbocycles. The van der Waals surface area contributed by atoms with Gasteiger partial charge in [-0.25, -0.2) is 0 Å². The Morgan fingerprint density at radius 2 is 1.71 bits per heavy atom. The third-order valence-corrected chi connectivity index (χ3v) is 5.93. The van der Waals surface area contributed by atoms with Crippen molar-refractivity contribution in [2.75, 3.05) is 24.4 Å². The summed E-state index contributed by atoms with van der Waals surface area (Å²) in [6.45, 7) is 0.327. The smallest absolute Gasteiger partial charge is 0.261 e. The van der Waals surface area contributed by atoms with Gasteiger partial charge in [-0.3, -0.25) is 18.7 Å². The largest absolute Gasteiger partial charge is 0.361 e. The zero-order chi connectivity index (χ0) is 16.8. The Kier molecular flexibility index (Phi) is 3.49. The number of rotatable bonds is 3. The molecule has 6 heteroatoms. The average Bonchev–Trinajstić information content (AvgIpc) is 3.01. The van der Waals surface area contributed by atoms with Crippen LogP contribution < -0.4 is 4.90 Å². The summed E-state index contributed by atoms with van der Waals surface area (Å²) in [5.74, 6) is 0.0390. The first-order chi connectivity index (χ1) is 11.6. The fourth-order valence-corrected chi connectivity index (χ4v) is 4.58. The lowest BCUT2D eigenvalue weighted by atomic mass is 10.1. The molecule has 2 aliphatic heterocycles. The molecule has 4 rings (SSSR count). The van der Waals surface area contributed by atoms with Crippen molar-refractivity contribution in [2.45, 2.75) is 11.3 Å². The highest BCUT2D eigenvalue weighted by atomic mass is 32.2. The first-order valence-electron chi connectivity index (χ1n) is 7.74. The Morgan fingerprint density at radius 1 is 1.04 bits per heavy atom. The molecule has 0 spiro atoms. The molecule has 0 N–H and O–H groups in total. The minimum absolute atomic E-state index is 0.236. The lowest BCUT2D eigenvalue weighted by Crippen LogP contribution is -2.31. The van der Waals surface area contributed by atoms with E-state index < -0.39 is 10.8 Å². The summed E-state index contributed by atoms with van der Waals surface area (Å²) in [7, 11) is 0.907. The number of carbonyl (C=O) groups excluding carboxylic acids is 2. The van der Waals surface area contributed by atoms with Gasteiger partial charge in [0.2, 0.25) is 0 Å². The number of anilines is 1. The van der Waals surface area contributed by atoms with E-state index in [-0.39, 0.29) is 11.8 Å². The van der Waals surface area contributed by atoms with Crippen LogP contribution in [0.25, 0.3) is 0 Å². The summed E-state index contributed by atoms with van der Waals surface area (Å²) in [5.41, 5.74) is 2.91. The van der Waals surface area contributed by atoms with Crippen LogP contribution >= 0.6 is 0 Å². The van der Waals surface area contributed by atoms with Crippen LogP contribution in [0.4, 0.5) is 5.69 Å². The van der Waals surface area contributed by atoms with Crippen molar-refractivity contribution in [3.8, 4) is 0 Å². The van der Waals surface area contributed by atoms with Gasteiger partial charge in [0.05, 0.1) is 38.4 Å². The average molecular weight is 340 g/mol. The van der Waals surface area contributed by atoms with Crippen LogP contribution in [0.1, 0.15) is 26.3 Å². The van der Waals surface area contributed by atoms with Gasteiger partial charge in [-0.1, -0.05) is 18.2 Å². The van der Waals surface area contributed by atoms with E-state index in [9.17, 15) is 13.8 Å². The molecule has 0 saturated carbocycles. The van der Waals surface area contributed by atoms with Crippen LogP contribution in [-0.4, -0.2) is 40.4 Å². The molecule has 1 unspecified atom stereocenters. The van der Waals surface area contributed by atoms with E-state index in [2.05, 4.69) is 0 Å². The molecule has 0 bridgehead atoms. The van der Waals surface area contributed by atoms with Crippen LogP contribution in [0.3, 0.4) is 0 Å². The maximum atomic E-state index is 12.4. The molecular weight excluding hydrogens is 324 g/mol. The van der Waals surface area contributed by atoms with E-state index in [1.165, 1.54) is 4.90 Å². The van der Waals surface area contributed by atoms with Gasteiger partial charge in [-0.2, -0.15) is 0 Å². The van der Waals surface area contributed by atoms with E-state index in [4.69, 9.17) is 0 Å². The molecular formula is C18H16N2O3S. The Morgan fingerprint density at radius 3 is 2.38 bits per heavy atom. The number of fused-ring (bicyclic) bond motifs is 2. The number of nitrogens with zero attached hydrogens (tertiary/aromatic N) is 2. The van der Waals surface area contributed by atoms with Gasteiger partial charge < -0.3 is 4.90 Å². The summed E-state index contributed by atoms with van der Waals surface area (Å²) >= 11 is 0. The van der Waals surface area contributed by atoms with Crippen molar-refractivity contribution in [3.05, 3.63) is 59.2 Å². The summed E-state index contributed by atoms with van der Waals surface area (Å²) in [4.78, 5) is 28.8. The standard InChI is InChI=1S/C18H16N2O3S/c1-19-11-24(23)16-10-12(6-7-15(16)19)8-9-20-17(21)13-4-2-3-5-14(13)18(20)22/h2-7,10H,8-9,11H2,1H3. The summed E-state index contributed by atoms with van der Waals surface area (Å²) < 4.78 is 12.1. The summed E-state index contributed by atoms with van der Waals surface area (Å²) in [6.07, 6.45) is 0.555. The van der Waals surface area contributed by atoms with Crippen LogP contribution in [0.2, 0.25) is 0 Å². The quantitative estimate of drug-likeness (QED) is 0.803. The molecule has 2 amide bonds.